The quantitative estimate of drug-likeness (QED) is 0.421. The van der Waals surface area contributed by atoms with E-state index >= 15 is 0 Å². The molecule has 0 aliphatic rings. The maximum atomic E-state index is 12.5. The molecule has 0 saturated carbocycles. The van der Waals surface area contributed by atoms with E-state index < -0.39 is 0 Å². The number of aryl methyl sites for hydroxylation is 1. The molecule has 0 fully saturated rings. The summed E-state index contributed by atoms with van der Waals surface area (Å²) in [6.45, 7) is 2.36. The molecular weight excluding hydrogens is 422 g/mol. The van der Waals surface area contributed by atoms with Crippen molar-refractivity contribution >= 4 is 35.0 Å². The lowest BCUT2D eigenvalue weighted by Gasteiger charge is -2.10. The zero-order chi connectivity index (χ0) is 20.9. The van der Waals surface area contributed by atoms with Crippen molar-refractivity contribution in [3.8, 4) is 11.4 Å². The van der Waals surface area contributed by atoms with Crippen molar-refractivity contribution in [1.29, 1.82) is 0 Å². The Morgan fingerprint density at radius 2 is 2.13 bits per heavy atom. The number of thioether (sulfide) groups is 1. The maximum Gasteiger partial charge on any atom is 0.234 e. The molecule has 4 rings (SSSR count). The number of pyridine rings is 1. The molecule has 0 aliphatic heterocycles. The van der Waals surface area contributed by atoms with Gasteiger partial charge in [0, 0.05) is 28.7 Å². The van der Waals surface area contributed by atoms with E-state index in [1.807, 2.05) is 41.8 Å². The van der Waals surface area contributed by atoms with Crippen molar-refractivity contribution < 1.29 is 9.21 Å². The molecule has 0 radical (unpaired) electrons. The molecule has 0 atom stereocenters. The number of benzene rings is 1. The van der Waals surface area contributed by atoms with E-state index in [2.05, 4.69) is 20.5 Å². The summed E-state index contributed by atoms with van der Waals surface area (Å²) in [5.41, 5.74) is 2.47. The summed E-state index contributed by atoms with van der Waals surface area (Å²) in [7, 11) is 0. The lowest BCUT2D eigenvalue weighted by Crippen LogP contribution is -2.15. The highest BCUT2D eigenvalue weighted by molar-refractivity contribution is 7.99. The highest BCUT2D eigenvalue weighted by Crippen LogP contribution is 2.26. The minimum absolute atomic E-state index is 0.152. The van der Waals surface area contributed by atoms with Crippen molar-refractivity contribution in [2.24, 2.45) is 0 Å². The number of halogens is 1. The molecule has 0 spiro atoms. The Labute approximate surface area is 182 Å². The Hall–Kier alpha value is -3.10. The SMILES string of the molecule is Cc1ccc(Cl)cc1NC(=O)CSc1nnc(-c2cccnc2)n1Cc1ccco1. The summed E-state index contributed by atoms with van der Waals surface area (Å²) >= 11 is 7.33. The first-order valence-electron chi connectivity index (χ1n) is 9.15. The number of hydrogen-bond acceptors (Lipinski definition) is 6. The van der Waals surface area contributed by atoms with Crippen LogP contribution in [0.2, 0.25) is 5.02 Å². The normalized spacial score (nSPS) is 10.9. The summed E-state index contributed by atoms with van der Waals surface area (Å²) in [4.78, 5) is 16.7. The third-order valence-corrected chi connectivity index (χ3v) is 5.54. The van der Waals surface area contributed by atoms with E-state index in [9.17, 15) is 4.79 Å². The second kappa shape index (κ2) is 9.15. The molecule has 152 valence electrons. The molecule has 30 heavy (non-hydrogen) atoms. The average Bonchev–Trinajstić information content (AvgIpc) is 3.40. The van der Waals surface area contributed by atoms with Crippen LogP contribution < -0.4 is 5.32 Å². The Kier molecular flexibility index (Phi) is 6.15. The molecule has 9 heteroatoms. The average molecular weight is 440 g/mol. The lowest BCUT2D eigenvalue weighted by atomic mass is 10.2. The van der Waals surface area contributed by atoms with E-state index in [-0.39, 0.29) is 11.7 Å². The van der Waals surface area contributed by atoms with E-state index in [1.165, 1.54) is 11.8 Å². The molecule has 3 aromatic heterocycles. The first-order valence-corrected chi connectivity index (χ1v) is 10.5. The minimum Gasteiger partial charge on any atom is -0.467 e. The molecule has 3 heterocycles. The molecule has 0 bridgehead atoms. The van der Waals surface area contributed by atoms with Crippen molar-refractivity contribution in [2.45, 2.75) is 18.6 Å². The standard InChI is InChI=1S/C21H18ClN5O2S/c1-14-6-7-16(22)10-18(14)24-19(28)13-30-21-26-25-20(15-4-2-8-23-11-15)27(21)12-17-5-3-9-29-17/h2-11H,12-13H2,1H3,(H,24,28). The Morgan fingerprint density at radius 3 is 2.90 bits per heavy atom. The molecule has 0 aliphatic carbocycles. The molecule has 0 saturated heterocycles. The van der Waals surface area contributed by atoms with Crippen molar-refractivity contribution in [2.75, 3.05) is 11.1 Å². The van der Waals surface area contributed by atoms with Crippen LogP contribution in [-0.2, 0) is 11.3 Å². The fraction of sp³-hybridized carbons (Fsp3) is 0.143. The van der Waals surface area contributed by atoms with E-state index in [0.717, 1.165) is 16.9 Å². The fourth-order valence-corrected chi connectivity index (χ4v) is 3.76. The lowest BCUT2D eigenvalue weighted by molar-refractivity contribution is -0.113. The van der Waals surface area contributed by atoms with Crippen LogP contribution >= 0.6 is 23.4 Å². The van der Waals surface area contributed by atoms with Crippen LogP contribution in [-0.4, -0.2) is 31.4 Å². The first-order chi connectivity index (χ1) is 14.6. The van der Waals surface area contributed by atoms with Gasteiger partial charge in [0.15, 0.2) is 11.0 Å². The van der Waals surface area contributed by atoms with Crippen LogP contribution in [0.5, 0.6) is 0 Å². The molecule has 7 nitrogen and oxygen atoms in total. The number of rotatable bonds is 7. The van der Waals surface area contributed by atoms with Gasteiger partial charge in [-0.2, -0.15) is 0 Å². The van der Waals surface area contributed by atoms with Crippen molar-refractivity contribution in [3.63, 3.8) is 0 Å². The van der Waals surface area contributed by atoms with Gasteiger partial charge in [-0.3, -0.25) is 14.3 Å². The van der Waals surface area contributed by atoms with Gasteiger partial charge in [0.05, 0.1) is 18.6 Å². The second-order valence-electron chi connectivity index (χ2n) is 6.51. The van der Waals surface area contributed by atoms with Gasteiger partial charge in [0.25, 0.3) is 0 Å². The number of anilines is 1. The third kappa shape index (κ3) is 4.72. The third-order valence-electron chi connectivity index (χ3n) is 4.34. The van der Waals surface area contributed by atoms with Gasteiger partial charge in [0.2, 0.25) is 5.91 Å². The number of hydrogen-bond donors (Lipinski definition) is 1. The summed E-state index contributed by atoms with van der Waals surface area (Å²) in [5, 5.41) is 12.7. The molecular formula is C21H18ClN5O2S. The summed E-state index contributed by atoms with van der Waals surface area (Å²) in [6.07, 6.45) is 5.05. The van der Waals surface area contributed by atoms with Crippen LogP contribution in [0.25, 0.3) is 11.4 Å². The largest absolute Gasteiger partial charge is 0.467 e. The van der Waals surface area contributed by atoms with Gasteiger partial charge >= 0.3 is 0 Å². The predicted molar refractivity (Wildman–Crippen MR) is 117 cm³/mol. The van der Waals surface area contributed by atoms with Gasteiger partial charge in [-0.1, -0.05) is 29.4 Å². The minimum atomic E-state index is -0.152. The first kappa shape index (κ1) is 20.2. The highest BCUT2D eigenvalue weighted by Gasteiger charge is 2.17. The molecule has 0 unspecified atom stereocenters. The molecule has 4 aromatic rings. The second-order valence-corrected chi connectivity index (χ2v) is 7.89. The van der Waals surface area contributed by atoms with Crippen LogP contribution in [0.4, 0.5) is 5.69 Å². The van der Waals surface area contributed by atoms with E-state index in [1.54, 1.807) is 30.8 Å². The zero-order valence-corrected chi connectivity index (χ0v) is 17.7. The highest BCUT2D eigenvalue weighted by atomic mass is 35.5. The van der Waals surface area contributed by atoms with E-state index in [4.69, 9.17) is 16.0 Å². The monoisotopic (exact) mass is 439 g/mol. The number of carbonyl (C=O) groups excluding carboxylic acids is 1. The molecule has 1 amide bonds. The van der Waals surface area contributed by atoms with Crippen molar-refractivity contribution in [1.82, 2.24) is 19.7 Å². The topological polar surface area (TPSA) is 85.8 Å². The van der Waals surface area contributed by atoms with Crippen LogP contribution in [0, 0.1) is 6.92 Å². The van der Waals surface area contributed by atoms with Gasteiger partial charge < -0.3 is 9.73 Å². The Morgan fingerprint density at radius 1 is 1.23 bits per heavy atom. The number of furan rings is 1. The van der Waals surface area contributed by atoms with Crippen LogP contribution in [0.1, 0.15) is 11.3 Å². The maximum absolute atomic E-state index is 12.5. The van der Waals surface area contributed by atoms with Gasteiger partial charge in [-0.15, -0.1) is 10.2 Å². The Bertz CT molecular complexity index is 1150. The zero-order valence-electron chi connectivity index (χ0n) is 16.1. The summed E-state index contributed by atoms with van der Waals surface area (Å²) in [6, 6.07) is 12.9. The van der Waals surface area contributed by atoms with Gasteiger partial charge in [-0.05, 0) is 48.9 Å². The molecule has 1 N–H and O–H groups in total. The van der Waals surface area contributed by atoms with Gasteiger partial charge in [-0.25, -0.2) is 0 Å². The van der Waals surface area contributed by atoms with Crippen LogP contribution in [0.15, 0.2) is 70.7 Å². The van der Waals surface area contributed by atoms with Crippen molar-refractivity contribution in [3.05, 3.63) is 77.5 Å². The van der Waals surface area contributed by atoms with Crippen LogP contribution in [0.3, 0.4) is 0 Å². The smallest absolute Gasteiger partial charge is 0.234 e. The van der Waals surface area contributed by atoms with Gasteiger partial charge in [0.1, 0.15) is 5.76 Å². The summed E-state index contributed by atoms with van der Waals surface area (Å²) in [5.74, 6) is 1.45. The number of amides is 1. The van der Waals surface area contributed by atoms with E-state index in [0.29, 0.717) is 28.2 Å². The number of nitrogens with one attached hydrogen (secondary N) is 1. The fourth-order valence-electron chi connectivity index (χ4n) is 2.85. The Balaban J connectivity index is 1.52. The predicted octanol–water partition coefficient (Wildman–Crippen LogP) is 4.67. The number of carbonyl (C=O) groups is 1. The summed E-state index contributed by atoms with van der Waals surface area (Å²) < 4.78 is 7.40. The number of nitrogens with zero attached hydrogens (tertiary/aromatic N) is 4. The number of aromatic nitrogens is 4. The molecule has 1 aromatic carbocycles.